The number of aliphatic hydroxyl groups is 6. The fourth-order valence-electron chi connectivity index (χ4n) is 1.22. The molecule has 0 saturated carbocycles. The summed E-state index contributed by atoms with van der Waals surface area (Å²) in [7, 11) is 0. The molecule has 0 atom stereocenters. The molecule has 0 aromatic heterocycles. The van der Waals surface area contributed by atoms with Gasteiger partial charge in [-0.05, 0) is 6.42 Å². The van der Waals surface area contributed by atoms with Crippen LogP contribution in [0.1, 0.15) is 19.8 Å². The maximum atomic E-state index is 8.85. The molecule has 0 aromatic carbocycles. The first-order valence-electron chi connectivity index (χ1n) is 3.98. The smallest absolute Gasteiger partial charge is 0.166 e. The molecule has 80 valence electrons. The van der Waals surface area contributed by atoms with E-state index in [1.807, 2.05) is 0 Å². The van der Waals surface area contributed by atoms with Crippen LogP contribution in [-0.2, 0) is 0 Å². The Morgan fingerprint density at radius 1 is 0.846 bits per heavy atom. The van der Waals surface area contributed by atoms with Gasteiger partial charge in [-0.25, -0.2) is 0 Å². The SMILES string of the molecule is CCCC(C(O)O)(C(O)O)C(O)O. The Hall–Kier alpha value is -0.240. The molecule has 6 N–H and O–H groups in total. The van der Waals surface area contributed by atoms with Crippen LogP contribution in [-0.4, -0.2) is 49.5 Å². The van der Waals surface area contributed by atoms with E-state index < -0.39 is 24.3 Å². The van der Waals surface area contributed by atoms with Crippen molar-refractivity contribution < 1.29 is 30.6 Å². The van der Waals surface area contributed by atoms with Crippen molar-refractivity contribution in [3.8, 4) is 0 Å². The van der Waals surface area contributed by atoms with Crippen LogP contribution in [0.3, 0.4) is 0 Å². The van der Waals surface area contributed by atoms with Crippen LogP contribution >= 0.6 is 0 Å². The van der Waals surface area contributed by atoms with Crippen molar-refractivity contribution >= 4 is 0 Å². The summed E-state index contributed by atoms with van der Waals surface area (Å²) in [6.45, 7) is 1.64. The molecule has 0 aliphatic carbocycles. The lowest BCUT2D eigenvalue weighted by molar-refractivity contribution is -0.312. The second kappa shape index (κ2) is 4.85. The normalized spacial score (nSPS) is 13.4. The van der Waals surface area contributed by atoms with Gasteiger partial charge < -0.3 is 30.6 Å². The summed E-state index contributed by atoms with van der Waals surface area (Å²) >= 11 is 0. The average molecular weight is 196 g/mol. The third-order valence-electron chi connectivity index (χ3n) is 2.13. The molecule has 0 amide bonds. The van der Waals surface area contributed by atoms with Crippen molar-refractivity contribution in [3.63, 3.8) is 0 Å². The van der Waals surface area contributed by atoms with Gasteiger partial charge in [0.1, 0.15) is 5.41 Å². The summed E-state index contributed by atoms with van der Waals surface area (Å²) in [5, 5.41) is 53.1. The minimum atomic E-state index is -2.20. The average Bonchev–Trinajstić information content (AvgIpc) is 1.97. The molecule has 0 aliphatic rings. The molecule has 0 saturated heterocycles. The van der Waals surface area contributed by atoms with Crippen molar-refractivity contribution in [2.24, 2.45) is 5.41 Å². The molecule has 0 aliphatic heterocycles. The van der Waals surface area contributed by atoms with Gasteiger partial charge in [0.05, 0.1) is 0 Å². The first-order chi connectivity index (χ1) is 5.89. The molecule has 0 unspecified atom stereocenters. The minimum absolute atomic E-state index is 0.125. The van der Waals surface area contributed by atoms with Crippen molar-refractivity contribution in [1.29, 1.82) is 0 Å². The quantitative estimate of drug-likeness (QED) is 0.275. The lowest BCUT2D eigenvalue weighted by atomic mass is 9.81. The van der Waals surface area contributed by atoms with E-state index in [9.17, 15) is 0 Å². The highest BCUT2D eigenvalue weighted by Gasteiger charge is 2.48. The highest BCUT2D eigenvalue weighted by molar-refractivity contribution is 4.85. The van der Waals surface area contributed by atoms with E-state index in [-0.39, 0.29) is 6.42 Å². The molecule has 13 heavy (non-hydrogen) atoms. The van der Waals surface area contributed by atoms with Crippen molar-refractivity contribution in [2.45, 2.75) is 38.6 Å². The third kappa shape index (κ3) is 2.37. The van der Waals surface area contributed by atoms with Crippen LogP contribution in [0.15, 0.2) is 0 Å². The van der Waals surface area contributed by atoms with Crippen molar-refractivity contribution in [3.05, 3.63) is 0 Å². The zero-order valence-electron chi connectivity index (χ0n) is 7.33. The maximum Gasteiger partial charge on any atom is 0.166 e. The summed E-state index contributed by atoms with van der Waals surface area (Å²) in [6, 6.07) is 0. The molecule has 6 heteroatoms. The number of rotatable bonds is 5. The number of aliphatic hydroxyl groups excluding tert-OH is 3. The third-order valence-corrected chi connectivity index (χ3v) is 2.13. The van der Waals surface area contributed by atoms with Gasteiger partial charge in [-0.3, -0.25) is 0 Å². The second-order valence-corrected chi connectivity index (χ2v) is 2.98. The van der Waals surface area contributed by atoms with E-state index >= 15 is 0 Å². The molecule has 0 heterocycles. The highest BCUT2D eigenvalue weighted by Crippen LogP contribution is 2.33. The van der Waals surface area contributed by atoms with Gasteiger partial charge >= 0.3 is 0 Å². The van der Waals surface area contributed by atoms with Gasteiger partial charge in [0.25, 0.3) is 0 Å². The second-order valence-electron chi connectivity index (χ2n) is 2.98. The van der Waals surface area contributed by atoms with E-state index in [1.165, 1.54) is 0 Å². The highest BCUT2D eigenvalue weighted by atomic mass is 16.5. The summed E-state index contributed by atoms with van der Waals surface area (Å²) < 4.78 is 0. The molecule has 0 aromatic rings. The zero-order valence-corrected chi connectivity index (χ0v) is 7.33. The summed E-state index contributed by atoms with van der Waals surface area (Å²) in [4.78, 5) is 0. The summed E-state index contributed by atoms with van der Waals surface area (Å²) in [5.41, 5.74) is -2.12. The lowest BCUT2D eigenvalue weighted by Gasteiger charge is -2.37. The Morgan fingerprint density at radius 3 is 1.23 bits per heavy atom. The van der Waals surface area contributed by atoms with Crippen LogP contribution in [0.4, 0.5) is 0 Å². The van der Waals surface area contributed by atoms with E-state index in [2.05, 4.69) is 0 Å². The number of hydrogen-bond acceptors (Lipinski definition) is 6. The Morgan fingerprint density at radius 2 is 1.15 bits per heavy atom. The Kier molecular flexibility index (Phi) is 4.76. The van der Waals surface area contributed by atoms with Crippen LogP contribution in [0.5, 0.6) is 0 Å². The Balaban J connectivity index is 4.82. The Labute approximate surface area is 75.7 Å². The maximum absolute atomic E-state index is 8.85. The van der Waals surface area contributed by atoms with Gasteiger partial charge in [0, 0.05) is 0 Å². The molecule has 0 bridgehead atoms. The standard InChI is InChI=1S/C7H16O6/c1-2-3-7(4(8)9,5(10)11)6(12)13/h4-6,8-13H,2-3H2,1H3. The molecular formula is C7H16O6. The monoisotopic (exact) mass is 196 g/mol. The van der Waals surface area contributed by atoms with Gasteiger partial charge in [-0.15, -0.1) is 0 Å². The molecular weight excluding hydrogens is 180 g/mol. The predicted molar refractivity (Wildman–Crippen MR) is 42.0 cm³/mol. The molecule has 6 nitrogen and oxygen atoms in total. The van der Waals surface area contributed by atoms with Gasteiger partial charge in [-0.2, -0.15) is 0 Å². The lowest BCUT2D eigenvalue weighted by Crippen LogP contribution is -2.53. The Bertz CT molecular complexity index is 122. The largest absolute Gasteiger partial charge is 0.367 e. The van der Waals surface area contributed by atoms with E-state index in [4.69, 9.17) is 30.6 Å². The zero-order chi connectivity index (χ0) is 10.6. The van der Waals surface area contributed by atoms with Crippen molar-refractivity contribution in [2.75, 3.05) is 0 Å². The topological polar surface area (TPSA) is 121 Å². The first-order valence-corrected chi connectivity index (χ1v) is 3.98. The van der Waals surface area contributed by atoms with E-state index in [0.29, 0.717) is 6.42 Å². The first kappa shape index (κ1) is 12.8. The van der Waals surface area contributed by atoms with Crippen LogP contribution in [0, 0.1) is 5.41 Å². The number of hydrogen-bond donors (Lipinski definition) is 6. The fourth-order valence-corrected chi connectivity index (χ4v) is 1.22. The molecule has 0 rings (SSSR count). The van der Waals surface area contributed by atoms with E-state index in [0.717, 1.165) is 0 Å². The predicted octanol–water partition coefficient (Wildman–Crippen LogP) is -2.30. The minimum Gasteiger partial charge on any atom is -0.367 e. The summed E-state index contributed by atoms with van der Waals surface area (Å²) in [6.07, 6.45) is -6.38. The van der Waals surface area contributed by atoms with Gasteiger partial charge in [-0.1, -0.05) is 13.3 Å². The molecule has 0 radical (unpaired) electrons. The van der Waals surface area contributed by atoms with E-state index in [1.54, 1.807) is 6.92 Å². The van der Waals surface area contributed by atoms with Crippen molar-refractivity contribution in [1.82, 2.24) is 0 Å². The van der Waals surface area contributed by atoms with Crippen LogP contribution in [0.2, 0.25) is 0 Å². The molecule has 0 fully saturated rings. The fraction of sp³-hybridized carbons (Fsp3) is 1.00. The van der Waals surface area contributed by atoms with Crippen LogP contribution in [0.25, 0.3) is 0 Å². The van der Waals surface area contributed by atoms with Crippen LogP contribution < -0.4 is 0 Å². The summed E-state index contributed by atoms with van der Waals surface area (Å²) in [5.74, 6) is 0. The molecule has 0 spiro atoms. The van der Waals surface area contributed by atoms with Gasteiger partial charge in [0.15, 0.2) is 18.9 Å². The van der Waals surface area contributed by atoms with Gasteiger partial charge in [0.2, 0.25) is 0 Å².